The van der Waals surface area contributed by atoms with Crippen LogP contribution in [0.1, 0.15) is 24.0 Å². The minimum atomic E-state index is -1.28. The zero-order chi connectivity index (χ0) is 30.6. The van der Waals surface area contributed by atoms with Crippen molar-refractivity contribution in [3.63, 3.8) is 0 Å². The van der Waals surface area contributed by atoms with Crippen LogP contribution in [0.5, 0.6) is 0 Å². The zero-order valence-electron chi connectivity index (χ0n) is 28.3. The second-order valence-electron chi connectivity index (χ2n) is 15.9. The molecule has 5 heteroatoms. The summed E-state index contributed by atoms with van der Waals surface area (Å²) in [5, 5.41) is 7.53. The summed E-state index contributed by atoms with van der Waals surface area (Å²) < 4.78 is 3.93. The monoisotopic (exact) mass is 690 g/mol. The van der Waals surface area contributed by atoms with Crippen molar-refractivity contribution in [2.45, 2.75) is 104 Å². The van der Waals surface area contributed by atoms with Crippen LogP contribution in [0.4, 0.5) is 0 Å². The fraction of sp³-hybridized carbons (Fsp3) is 0.444. The van der Waals surface area contributed by atoms with Gasteiger partial charge in [-0.1, -0.05) is 60.7 Å². The van der Waals surface area contributed by atoms with Crippen molar-refractivity contribution < 1.29 is 23.2 Å². The molecule has 0 atom stereocenters. The molecule has 2 aliphatic rings. The Kier molecular flexibility index (Phi) is 11.7. The van der Waals surface area contributed by atoms with Gasteiger partial charge in [-0.25, -0.2) is 0 Å². The standard InChI is InChI=1S/C14H14.2C11H21Si2.Zr/c1-3-7-13(8-4-1)11-12-14-9-5-2-6-10-14;2*1-12(2,3)10-8-7-9-11(10)13(4,5)6;/h1-10H,11-12H2;2*8H,7H2,1-6H3;. The second kappa shape index (κ2) is 13.8. The molecule has 0 radical (unpaired) electrons. The number of hydrogen-bond donors (Lipinski definition) is 0. The molecule has 0 heterocycles. The van der Waals surface area contributed by atoms with Crippen molar-refractivity contribution >= 4 is 32.3 Å². The molecule has 0 saturated carbocycles. The Hall–Kier alpha value is -0.849. The summed E-state index contributed by atoms with van der Waals surface area (Å²) in [6, 6.07) is 21.2. The first kappa shape index (κ1) is 34.6. The van der Waals surface area contributed by atoms with Gasteiger partial charge in [0.05, 0.1) is 0 Å². The van der Waals surface area contributed by atoms with Gasteiger partial charge in [-0.2, -0.15) is 0 Å². The Balaban J connectivity index is 0.000000275. The van der Waals surface area contributed by atoms with E-state index in [1.54, 1.807) is 0 Å². The number of rotatable bonds is 9. The van der Waals surface area contributed by atoms with Gasteiger partial charge in [0.1, 0.15) is 0 Å². The fourth-order valence-corrected chi connectivity index (χ4v) is 27.8. The maximum atomic E-state index is 2.67. The smallest absolute Gasteiger partial charge is 0.0238 e. The van der Waals surface area contributed by atoms with E-state index in [2.05, 4.69) is 151 Å². The quantitative estimate of drug-likeness (QED) is 0.230. The van der Waals surface area contributed by atoms with Crippen LogP contribution in [0.2, 0.25) is 78.6 Å². The largest absolute Gasteiger partial charge is 0.0622 e. The van der Waals surface area contributed by atoms with Gasteiger partial charge in [0.2, 0.25) is 0 Å². The molecule has 0 fully saturated rings. The van der Waals surface area contributed by atoms with Crippen LogP contribution in [-0.4, -0.2) is 32.3 Å². The van der Waals surface area contributed by atoms with Crippen molar-refractivity contribution in [3.8, 4) is 0 Å². The number of benzene rings is 2. The molecule has 0 amide bonds. The molecule has 0 N–H and O–H groups in total. The molecule has 0 bridgehead atoms. The van der Waals surface area contributed by atoms with E-state index in [-0.39, 0.29) is 0 Å². The summed E-state index contributed by atoms with van der Waals surface area (Å²) >= 11 is -0.650. The predicted octanol–water partition coefficient (Wildman–Crippen LogP) is 11.2. The van der Waals surface area contributed by atoms with E-state index >= 15 is 0 Å². The van der Waals surface area contributed by atoms with Crippen LogP contribution in [0.25, 0.3) is 0 Å². The predicted molar refractivity (Wildman–Crippen MR) is 193 cm³/mol. The van der Waals surface area contributed by atoms with Crippen molar-refractivity contribution in [2.75, 3.05) is 0 Å². The summed E-state index contributed by atoms with van der Waals surface area (Å²) in [4.78, 5) is 0. The van der Waals surface area contributed by atoms with Gasteiger partial charge in [0, 0.05) is 0 Å². The van der Waals surface area contributed by atoms with Crippen LogP contribution in [0, 0.1) is 0 Å². The molecule has 0 spiro atoms. The summed E-state index contributed by atoms with van der Waals surface area (Å²) in [7, 11) is -5.05. The maximum absolute atomic E-state index is 2.67. The minimum absolute atomic E-state index is 0.650. The summed E-state index contributed by atoms with van der Waals surface area (Å²) in [5.41, 5.74) is 2.83. The first-order valence-corrected chi connectivity index (χ1v) is 32.1. The van der Waals surface area contributed by atoms with Gasteiger partial charge in [-0.05, 0) is 24.0 Å². The summed E-state index contributed by atoms with van der Waals surface area (Å²) in [6.45, 7) is 30.9. The molecular formula is C36H56Si4Zr. The number of allylic oxidation sites excluding steroid dienone is 8. The Morgan fingerprint density at radius 3 is 1.05 bits per heavy atom. The van der Waals surface area contributed by atoms with Crippen LogP contribution < -0.4 is 0 Å². The molecule has 0 unspecified atom stereocenters. The molecule has 0 saturated heterocycles. The molecule has 2 aromatic carbocycles. The maximum Gasteiger partial charge on any atom is -0.0238 e. The van der Waals surface area contributed by atoms with Gasteiger partial charge in [0.25, 0.3) is 0 Å². The molecule has 4 rings (SSSR count). The van der Waals surface area contributed by atoms with Gasteiger partial charge in [-0.3, -0.25) is 0 Å². The Bertz CT molecular complexity index is 1200. The van der Waals surface area contributed by atoms with Gasteiger partial charge < -0.3 is 0 Å². The van der Waals surface area contributed by atoms with Crippen molar-refractivity contribution in [3.05, 3.63) is 111 Å². The SMILES string of the molecule is C[Si](C)(C)C1=CC[C]([Zr][C]2=C([Si](C)(C)C)C([Si](C)(C)C)=CC2)=C1[Si](C)(C)C.c1ccc(CCc2ccccc2)cc1. The van der Waals surface area contributed by atoms with E-state index in [9.17, 15) is 0 Å². The first-order chi connectivity index (χ1) is 18.9. The Morgan fingerprint density at radius 2 is 0.780 bits per heavy atom. The average molecular weight is 692 g/mol. The van der Waals surface area contributed by atoms with E-state index in [0.717, 1.165) is 12.8 Å². The van der Waals surface area contributed by atoms with E-state index in [1.165, 1.54) is 24.0 Å². The minimum Gasteiger partial charge on any atom is -0.0622 e. The van der Waals surface area contributed by atoms with E-state index < -0.39 is 55.5 Å². The fourth-order valence-electron chi connectivity index (χ4n) is 6.20. The molecule has 41 heavy (non-hydrogen) atoms. The third kappa shape index (κ3) is 9.83. The molecule has 220 valence electrons. The van der Waals surface area contributed by atoms with Gasteiger partial charge >= 0.3 is 186 Å². The number of hydrogen-bond acceptors (Lipinski definition) is 0. The molecule has 2 aliphatic carbocycles. The van der Waals surface area contributed by atoms with Gasteiger partial charge in [-0.15, -0.1) is 0 Å². The van der Waals surface area contributed by atoms with Crippen molar-refractivity contribution in [1.29, 1.82) is 0 Å². The van der Waals surface area contributed by atoms with Crippen LogP contribution >= 0.6 is 0 Å². The average Bonchev–Trinajstić information content (AvgIpc) is 3.49. The van der Waals surface area contributed by atoms with E-state index in [4.69, 9.17) is 0 Å². The van der Waals surface area contributed by atoms with E-state index in [1.807, 2.05) is 27.3 Å². The Labute approximate surface area is 269 Å². The molecule has 0 aliphatic heterocycles. The number of aryl methyl sites for hydroxylation is 2. The van der Waals surface area contributed by atoms with Crippen molar-refractivity contribution in [1.82, 2.24) is 0 Å². The van der Waals surface area contributed by atoms with E-state index in [0.29, 0.717) is 0 Å². The normalized spacial score (nSPS) is 16.4. The Morgan fingerprint density at radius 1 is 0.463 bits per heavy atom. The van der Waals surface area contributed by atoms with Crippen molar-refractivity contribution in [2.24, 2.45) is 0 Å². The second-order valence-corrected chi connectivity index (χ2v) is 39.6. The molecule has 2 aromatic rings. The summed E-state index contributed by atoms with van der Waals surface area (Å²) in [6.07, 6.45) is 10.2. The van der Waals surface area contributed by atoms with Gasteiger partial charge in [0.15, 0.2) is 0 Å². The first-order valence-electron chi connectivity index (χ1n) is 15.6. The van der Waals surface area contributed by atoms with Crippen LogP contribution in [0.3, 0.4) is 0 Å². The zero-order valence-corrected chi connectivity index (χ0v) is 34.7. The molecule has 0 nitrogen and oxygen atoms in total. The summed E-state index contributed by atoms with van der Waals surface area (Å²) in [5.74, 6) is 0. The molecular weight excluding hydrogens is 636 g/mol. The van der Waals surface area contributed by atoms with Crippen LogP contribution in [-0.2, 0) is 36.1 Å². The third-order valence-electron chi connectivity index (χ3n) is 7.97. The molecule has 0 aromatic heterocycles. The van der Waals surface area contributed by atoms with Crippen LogP contribution in [0.15, 0.2) is 100 Å². The third-order valence-corrected chi connectivity index (χ3v) is 21.7. The topological polar surface area (TPSA) is 0 Å².